The van der Waals surface area contributed by atoms with Crippen molar-refractivity contribution in [2.24, 2.45) is 0 Å². The molecular weight excluding hydrogens is 418 g/mol. The highest BCUT2D eigenvalue weighted by Crippen LogP contribution is 2.35. The molecule has 0 aromatic heterocycles. The fourth-order valence-electron chi connectivity index (χ4n) is 3.13. The van der Waals surface area contributed by atoms with Gasteiger partial charge in [-0.15, -0.1) is 0 Å². The fourth-order valence-corrected chi connectivity index (χ4v) is 3.35. The molecule has 3 rings (SSSR count). The smallest absolute Gasteiger partial charge is 0.238 e. The van der Waals surface area contributed by atoms with E-state index in [9.17, 15) is 13.6 Å². The van der Waals surface area contributed by atoms with Crippen molar-refractivity contribution in [3.63, 3.8) is 0 Å². The van der Waals surface area contributed by atoms with Gasteiger partial charge in [-0.3, -0.25) is 10.2 Å². The van der Waals surface area contributed by atoms with E-state index in [1.807, 2.05) is 27.7 Å². The number of thiocarbonyl (C=S) groups is 1. The number of carbonyl (C=O) groups is 1. The quantitative estimate of drug-likeness (QED) is 0.433. The van der Waals surface area contributed by atoms with Gasteiger partial charge in [0, 0.05) is 18.1 Å². The van der Waals surface area contributed by atoms with Gasteiger partial charge in [-0.2, -0.15) is 0 Å². The van der Waals surface area contributed by atoms with E-state index < -0.39 is 11.9 Å². The molecule has 0 spiro atoms. The highest BCUT2D eigenvalue weighted by atomic mass is 32.1. The summed E-state index contributed by atoms with van der Waals surface area (Å²) in [5.41, 5.74) is 4.60. The van der Waals surface area contributed by atoms with E-state index in [4.69, 9.17) is 17.0 Å². The summed E-state index contributed by atoms with van der Waals surface area (Å²) in [6, 6.07) is 8.36. The lowest BCUT2D eigenvalue weighted by atomic mass is 10.0. The van der Waals surface area contributed by atoms with Crippen LogP contribution < -0.4 is 10.2 Å². The van der Waals surface area contributed by atoms with Gasteiger partial charge in [-0.25, -0.2) is 13.8 Å². The molecule has 31 heavy (non-hydrogen) atoms. The van der Waals surface area contributed by atoms with Crippen LogP contribution in [0, 0.1) is 18.6 Å². The van der Waals surface area contributed by atoms with Crippen molar-refractivity contribution in [2.45, 2.75) is 60.4 Å². The standard InChI is InChI=1S/C20H20F2N2O2S.2C2H6/c1-12-10-14(5-7-17(12)22)20(27)23-24(13(2)25)18-4-3-9-26-19-8-6-15(21)11-16(18)19;2*1-2/h5-8,10-11,18H,3-4,9H2,1-2H3,(H,23,27);2*1-2H3. The number of amides is 1. The molecule has 0 saturated carbocycles. The van der Waals surface area contributed by atoms with Crippen molar-refractivity contribution in [1.82, 2.24) is 10.4 Å². The van der Waals surface area contributed by atoms with E-state index in [1.165, 1.54) is 30.1 Å². The first kappa shape index (κ1) is 26.5. The predicted octanol–water partition coefficient (Wildman–Crippen LogP) is 6.27. The summed E-state index contributed by atoms with van der Waals surface area (Å²) >= 11 is 5.41. The number of ether oxygens (including phenoxy) is 1. The molecule has 0 aliphatic carbocycles. The normalized spacial score (nSPS) is 14.3. The lowest BCUT2D eigenvalue weighted by Gasteiger charge is -2.32. The number of nitrogens with one attached hydrogen (secondary N) is 1. The lowest BCUT2D eigenvalue weighted by Crippen LogP contribution is -2.47. The molecule has 7 heteroatoms. The topological polar surface area (TPSA) is 41.6 Å². The summed E-state index contributed by atoms with van der Waals surface area (Å²) in [5.74, 6) is -0.437. The number of rotatable bonds is 2. The van der Waals surface area contributed by atoms with E-state index in [-0.39, 0.29) is 16.7 Å². The Morgan fingerprint density at radius 2 is 1.81 bits per heavy atom. The number of hydrazine groups is 1. The molecule has 0 radical (unpaired) electrons. The zero-order valence-corrected chi connectivity index (χ0v) is 19.9. The first-order valence-corrected chi connectivity index (χ1v) is 11.1. The Hall–Kier alpha value is -2.54. The number of hydrogen-bond acceptors (Lipinski definition) is 3. The van der Waals surface area contributed by atoms with Crippen LogP contribution >= 0.6 is 12.2 Å². The maximum atomic E-state index is 13.8. The Morgan fingerprint density at radius 3 is 2.42 bits per heavy atom. The number of fused-ring (bicyclic) bond motifs is 1. The molecule has 1 aliphatic heterocycles. The first-order valence-electron chi connectivity index (χ1n) is 10.7. The second kappa shape index (κ2) is 13.0. The first-order chi connectivity index (χ1) is 14.9. The molecule has 0 saturated heterocycles. The molecule has 1 N–H and O–H groups in total. The summed E-state index contributed by atoms with van der Waals surface area (Å²) in [6.07, 6.45) is 1.29. The Labute approximate surface area is 189 Å². The summed E-state index contributed by atoms with van der Waals surface area (Å²) in [4.78, 5) is 12.6. The summed E-state index contributed by atoms with van der Waals surface area (Å²) < 4.78 is 33.0. The summed E-state index contributed by atoms with van der Waals surface area (Å²) in [5, 5.41) is 1.40. The van der Waals surface area contributed by atoms with E-state index in [0.29, 0.717) is 41.9 Å². The molecule has 1 unspecified atom stereocenters. The number of halogens is 2. The fraction of sp³-hybridized carbons (Fsp3) is 0.417. The maximum absolute atomic E-state index is 13.8. The average Bonchev–Trinajstić information content (AvgIpc) is 2.98. The van der Waals surface area contributed by atoms with Crippen LogP contribution in [0.4, 0.5) is 8.78 Å². The number of hydrogen-bond donors (Lipinski definition) is 1. The molecule has 2 aromatic carbocycles. The molecule has 1 aliphatic rings. The Morgan fingerprint density at radius 1 is 1.13 bits per heavy atom. The number of nitrogens with zero attached hydrogens (tertiary/aromatic N) is 1. The highest BCUT2D eigenvalue weighted by molar-refractivity contribution is 7.80. The third-order valence-electron chi connectivity index (χ3n) is 4.50. The van der Waals surface area contributed by atoms with Gasteiger partial charge in [-0.05, 0) is 61.7 Å². The van der Waals surface area contributed by atoms with Crippen molar-refractivity contribution in [3.8, 4) is 5.75 Å². The minimum absolute atomic E-state index is 0.265. The van der Waals surface area contributed by atoms with Crippen molar-refractivity contribution >= 4 is 23.1 Å². The Balaban J connectivity index is 0.00000113. The third-order valence-corrected chi connectivity index (χ3v) is 4.83. The molecule has 1 heterocycles. The van der Waals surface area contributed by atoms with E-state index >= 15 is 0 Å². The van der Waals surface area contributed by atoms with Crippen molar-refractivity contribution in [2.75, 3.05) is 6.61 Å². The molecule has 0 fully saturated rings. The van der Waals surface area contributed by atoms with Crippen LogP contribution in [0.3, 0.4) is 0 Å². The van der Waals surface area contributed by atoms with Gasteiger partial charge in [0.05, 0.1) is 12.6 Å². The monoisotopic (exact) mass is 450 g/mol. The Kier molecular flexibility index (Phi) is 11.1. The second-order valence-corrected chi connectivity index (χ2v) is 6.89. The van der Waals surface area contributed by atoms with Gasteiger partial charge in [0.2, 0.25) is 5.91 Å². The van der Waals surface area contributed by atoms with Crippen molar-refractivity contribution in [1.29, 1.82) is 0 Å². The summed E-state index contributed by atoms with van der Waals surface area (Å²) in [6.45, 7) is 11.5. The molecule has 2 aromatic rings. The Bertz CT molecular complexity index is 890. The van der Waals surface area contributed by atoms with Crippen LogP contribution in [-0.4, -0.2) is 22.5 Å². The van der Waals surface area contributed by atoms with E-state index in [2.05, 4.69) is 5.43 Å². The van der Waals surface area contributed by atoms with Gasteiger partial charge in [0.1, 0.15) is 22.4 Å². The van der Waals surface area contributed by atoms with Crippen LogP contribution in [0.25, 0.3) is 0 Å². The van der Waals surface area contributed by atoms with Crippen LogP contribution in [0.15, 0.2) is 36.4 Å². The molecular formula is C24H32F2N2O2S. The lowest BCUT2D eigenvalue weighted by molar-refractivity contribution is -0.133. The number of aryl methyl sites for hydroxylation is 1. The van der Waals surface area contributed by atoms with E-state index in [1.54, 1.807) is 25.1 Å². The van der Waals surface area contributed by atoms with Gasteiger partial charge in [0.15, 0.2) is 0 Å². The van der Waals surface area contributed by atoms with Crippen LogP contribution in [-0.2, 0) is 4.79 Å². The van der Waals surface area contributed by atoms with Crippen LogP contribution in [0.2, 0.25) is 0 Å². The second-order valence-electron chi connectivity index (χ2n) is 6.48. The maximum Gasteiger partial charge on any atom is 0.238 e. The number of carbonyl (C=O) groups excluding carboxylic acids is 1. The van der Waals surface area contributed by atoms with Gasteiger partial charge in [0.25, 0.3) is 0 Å². The highest BCUT2D eigenvalue weighted by Gasteiger charge is 2.29. The third kappa shape index (κ3) is 6.99. The molecule has 1 atom stereocenters. The number of benzene rings is 2. The molecule has 4 nitrogen and oxygen atoms in total. The average molecular weight is 451 g/mol. The van der Waals surface area contributed by atoms with Crippen LogP contribution in [0.5, 0.6) is 5.75 Å². The zero-order valence-electron chi connectivity index (χ0n) is 19.1. The van der Waals surface area contributed by atoms with Gasteiger partial charge in [-0.1, -0.05) is 39.9 Å². The molecule has 1 amide bonds. The van der Waals surface area contributed by atoms with Crippen molar-refractivity contribution in [3.05, 3.63) is 64.7 Å². The SMILES string of the molecule is CC.CC.CC(=O)N(NC(=S)c1ccc(F)c(C)c1)C1CCCOc2ccc(F)cc21. The minimum atomic E-state index is -0.435. The zero-order chi connectivity index (χ0) is 23.6. The largest absolute Gasteiger partial charge is 0.493 e. The summed E-state index contributed by atoms with van der Waals surface area (Å²) in [7, 11) is 0. The molecule has 170 valence electrons. The van der Waals surface area contributed by atoms with Gasteiger partial charge >= 0.3 is 0 Å². The molecule has 0 bridgehead atoms. The minimum Gasteiger partial charge on any atom is -0.493 e. The van der Waals surface area contributed by atoms with Crippen LogP contribution in [0.1, 0.15) is 70.2 Å². The van der Waals surface area contributed by atoms with E-state index in [0.717, 1.165) is 0 Å². The predicted molar refractivity (Wildman–Crippen MR) is 125 cm³/mol. The van der Waals surface area contributed by atoms with Crippen molar-refractivity contribution < 1.29 is 18.3 Å². The van der Waals surface area contributed by atoms with Gasteiger partial charge < -0.3 is 4.74 Å².